The van der Waals surface area contributed by atoms with Crippen molar-refractivity contribution in [2.75, 3.05) is 13.6 Å². The molecule has 1 aromatic carbocycles. The summed E-state index contributed by atoms with van der Waals surface area (Å²) >= 11 is 11.9. The van der Waals surface area contributed by atoms with Crippen LogP contribution in [0.25, 0.3) is 0 Å². The molecule has 100 valence electrons. The van der Waals surface area contributed by atoms with E-state index in [-0.39, 0.29) is 5.78 Å². The van der Waals surface area contributed by atoms with Crippen molar-refractivity contribution in [3.63, 3.8) is 0 Å². The molecule has 0 aromatic heterocycles. The monoisotopic (exact) mass is 287 g/mol. The first kappa shape index (κ1) is 15.5. The Hall–Kier alpha value is -0.570. The maximum atomic E-state index is 12.2. The Morgan fingerprint density at radius 2 is 1.89 bits per heavy atom. The second-order valence-electron chi connectivity index (χ2n) is 4.95. The van der Waals surface area contributed by atoms with Crippen LogP contribution in [0.4, 0.5) is 0 Å². The fraction of sp³-hybridized carbons (Fsp3) is 0.500. The van der Waals surface area contributed by atoms with Gasteiger partial charge in [-0.3, -0.25) is 9.69 Å². The zero-order chi connectivity index (χ0) is 13.9. The number of likely N-dealkylation sites (N-methyl/N-ethyl adjacent to an activating group) is 1. The number of rotatable bonds is 5. The van der Waals surface area contributed by atoms with E-state index in [1.165, 1.54) is 0 Å². The summed E-state index contributed by atoms with van der Waals surface area (Å²) in [5.74, 6) is 0.495. The Bertz CT molecular complexity index is 432. The van der Waals surface area contributed by atoms with Gasteiger partial charge in [-0.1, -0.05) is 37.0 Å². The Morgan fingerprint density at radius 1 is 1.28 bits per heavy atom. The lowest BCUT2D eigenvalue weighted by atomic mass is 10.0. The van der Waals surface area contributed by atoms with Crippen molar-refractivity contribution in [2.24, 2.45) is 5.92 Å². The third-order valence-corrected chi connectivity index (χ3v) is 3.85. The SMILES string of the molecule is CC(C)C(C)N(C)CC(=O)c1cc(Cl)ccc1Cl. The average Bonchev–Trinajstić information content (AvgIpc) is 2.30. The standard InChI is InChI=1S/C14H19Cl2NO/c1-9(2)10(3)17(4)8-14(18)12-7-11(15)5-6-13(12)16/h5-7,9-10H,8H2,1-4H3. The van der Waals surface area contributed by atoms with Crippen molar-refractivity contribution in [1.29, 1.82) is 0 Å². The van der Waals surface area contributed by atoms with Crippen LogP contribution in [0.15, 0.2) is 18.2 Å². The molecule has 0 saturated carbocycles. The van der Waals surface area contributed by atoms with Crippen LogP contribution in [0.2, 0.25) is 10.0 Å². The molecule has 1 rings (SSSR count). The molecular weight excluding hydrogens is 269 g/mol. The van der Waals surface area contributed by atoms with E-state index >= 15 is 0 Å². The highest BCUT2D eigenvalue weighted by Crippen LogP contribution is 2.21. The maximum absolute atomic E-state index is 12.2. The number of halogens is 2. The van der Waals surface area contributed by atoms with E-state index in [4.69, 9.17) is 23.2 Å². The van der Waals surface area contributed by atoms with Gasteiger partial charge in [-0.25, -0.2) is 0 Å². The van der Waals surface area contributed by atoms with Crippen molar-refractivity contribution in [2.45, 2.75) is 26.8 Å². The van der Waals surface area contributed by atoms with Gasteiger partial charge >= 0.3 is 0 Å². The fourth-order valence-corrected chi connectivity index (χ4v) is 2.07. The molecule has 1 unspecified atom stereocenters. The van der Waals surface area contributed by atoms with Gasteiger partial charge in [0, 0.05) is 16.6 Å². The predicted octanol–water partition coefficient (Wildman–Crippen LogP) is 4.15. The Balaban J connectivity index is 2.79. The molecule has 0 N–H and O–H groups in total. The van der Waals surface area contributed by atoms with E-state index in [0.717, 1.165) is 0 Å². The number of ketones is 1. The molecule has 1 aromatic rings. The van der Waals surface area contributed by atoms with E-state index in [1.54, 1.807) is 18.2 Å². The smallest absolute Gasteiger partial charge is 0.178 e. The first-order valence-electron chi connectivity index (χ1n) is 6.01. The van der Waals surface area contributed by atoms with Gasteiger partial charge in [0.1, 0.15) is 0 Å². The van der Waals surface area contributed by atoms with Crippen LogP contribution in [0.5, 0.6) is 0 Å². The summed E-state index contributed by atoms with van der Waals surface area (Å²) in [6.45, 7) is 6.73. The summed E-state index contributed by atoms with van der Waals surface area (Å²) in [7, 11) is 1.95. The molecule has 0 spiro atoms. The Morgan fingerprint density at radius 3 is 2.44 bits per heavy atom. The normalized spacial score (nSPS) is 13.1. The fourth-order valence-electron chi connectivity index (χ4n) is 1.68. The van der Waals surface area contributed by atoms with Crippen LogP contribution in [0, 0.1) is 5.92 Å². The zero-order valence-electron chi connectivity index (χ0n) is 11.2. The molecule has 4 heteroatoms. The molecule has 0 heterocycles. The van der Waals surface area contributed by atoms with Crippen molar-refractivity contribution in [1.82, 2.24) is 4.90 Å². The molecule has 1 atom stereocenters. The topological polar surface area (TPSA) is 20.3 Å². The summed E-state index contributed by atoms with van der Waals surface area (Å²) in [6, 6.07) is 5.30. The van der Waals surface area contributed by atoms with Crippen LogP contribution in [-0.2, 0) is 0 Å². The number of benzene rings is 1. The van der Waals surface area contributed by atoms with Crippen LogP contribution in [0.1, 0.15) is 31.1 Å². The van der Waals surface area contributed by atoms with Gasteiger partial charge in [-0.15, -0.1) is 0 Å². The van der Waals surface area contributed by atoms with Crippen molar-refractivity contribution >= 4 is 29.0 Å². The Kier molecular flexibility index (Phi) is 5.64. The second kappa shape index (κ2) is 6.55. The number of hydrogen-bond acceptors (Lipinski definition) is 2. The molecule has 0 fully saturated rings. The summed E-state index contributed by atoms with van der Waals surface area (Å²) in [6.07, 6.45) is 0. The van der Waals surface area contributed by atoms with E-state index in [0.29, 0.717) is 34.1 Å². The lowest BCUT2D eigenvalue weighted by molar-refractivity contribution is 0.0907. The highest BCUT2D eigenvalue weighted by molar-refractivity contribution is 6.36. The summed E-state index contributed by atoms with van der Waals surface area (Å²) in [4.78, 5) is 14.2. The summed E-state index contributed by atoms with van der Waals surface area (Å²) in [5, 5.41) is 0.984. The summed E-state index contributed by atoms with van der Waals surface area (Å²) < 4.78 is 0. The number of carbonyl (C=O) groups excluding carboxylic acids is 1. The van der Waals surface area contributed by atoms with Gasteiger partial charge in [0.2, 0.25) is 0 Å². The van der Waals surface area contributed by atoms with Gasteiger partial charge in [0.05, 0.1) is 11.6 Å². The minimum Gasteiger partial charge on any atom is -0.296 e. The van der Waals surface area contributed by atoms with Crippen LogP contribution >= 0.6 is 23.2 Å². The third-order valence-electron chi connectivity index (χ3n) is 3.28. The number of Topliss-reactive ketones (excluding diaryl/α,β-unsaturated/α-hetero) is 1. The number of nitrogens with zero attached hydrogens (tertiary/aromatic N) is 1. The van der Waals surface area contributed by atoms with Crippen molar-refractivity contribution < 1.29 is 4.79 Å². The third kappa shape index (κ3) is 3.98. The molecular formula is C14H19Cl2NO. The molecule has 0 saturated heterocycles. The van der Waals surface area contributed by atoms with Crippen LogP contribution in [-0.4, -0.2) is 30.3 Å². The predicted molar refractivity (Wildman–Crippen MR) is 77.7 cm³/mol. The second-order valence-corrected chi connectivity index (χ2v) is 5.79. The largest absolute Gasteiger partial charge is 0.296 e. The average molecular weight is 288 g/mol. The lowest BCUT2D eigenvalue weighted by Crippen LogP contribution is -2.37. The summed E-state index contributed by atoms with van der Waals surface area (Å²) in [5.41, 5.74) is 0.493. The van der Waals surface area contributed by atoms with Crippen LogP contribution in [0.3, 0.4) is 0 Å². The minimum absolute atomic E-state index is 0.00231. The highest BCUT2D eigenvalue weighted by Gasteiger charge is 2.18. The highest BCUT2D eigenvalue weighted by atomic mass is 35.5. The Labute approximate surface area is 119 Å². The maximum Gasteiger partial charge on any atom is 0.178 e. The molecule has 2 nitrogen and oxygen atoms in total. The first-order valence-corrected chi connectivity index (χ1v) is 6.77. The first-order chi connectivity index (χ1) is 8.32. The number of carbonyl (C=O) groups is 1. The van der Waals surface area contributed by atoms with Gasteiger partial charge in [0.15, 0.2) is 5.78 Å². The lowest BCUT2D eigenvalue weighted by Gasteiger charge is -2.27. The van der Waals surface area contributed by atoms with E-state index < -0.39 is 0 Å². The molecule has 18 heavy (non-hydrogen) atoms. The zero-order valence-corrected chi connectivity index (χ0v) is 12.7. The molecule has 0 bridgehead atoms. The quantitative estimate of drug-likeness (QED) is 0.758. The molecule has 0 aliphatic rings. The molecule has 0 amide bonds. The van der Waals surface area contributed by atoms with Crippen molar-refractivity contribution in [3.8, 4) is 0 Å². The molecule has 0 radical (unpaired) electrons. The number of hydrogen-bond donors (Lipinski definition) is 0. The van der Waals surface area contributed by atoms with Gasteiger partial charge in [-0.05, 0) is 38.1 Å². The van der Waals surface area contributed by atoms with Gasteiger partial charge in [-0.2, -0.15) is 0 Å². The van der Waals surface area contributed by atoms with Gasteiger partial charge in [0.25, 0.3) is 0 Å². The minimum atomic E-state index is -0.00231. The van der Waals surface area contributed by atoms with E-state index in [9.17, 15) is 4.79 Å². The van der Waals surface area contributed by atoms with Gasteiger partial charge < -0.3 is 0 Å². The van der Waals surface area contributed by atoms with E-state index in [2.05, 4.69) is 20.8 Å². The molecule has 0 aliphatic heterocycles. The molecule has 0 aliphatic carbocycles. The van der Waals surface area contributed by atoms with E-state index in [1.807, 2.05) is 11.9 Å². The van der Waals surface area contributed by atoms with Crippen LogP contribution < -0.4 is 0 Å². The van der Waals surface area contributed by atoms with Crippen molar-refractivity contribution in [3.05, 3.63) is 33.8 Å².